The van der Waals surface area contributed by atoms with Crippen LogP contribution >= 0.6 is 0 Å². The molecule has 1 N–H and O–H groups in total. The molecular formula is C19H22O2. The molecule has 2 atom stereocenters. The molecule has 1 fully saturated rings. The highest BCUT2D eigenvalue weighted by Crippen LogP contribution is 2.47. The van der Waals surface area contributed by atoms with Crippen molar-refractivity contribution < 1.29 is 9.84 Å². The predicted octanol–water partition coefficient (Wildman–Crippen LogP) is 4.24. The van der Waals surface area contributed by atoms with Crippen LogP contribution in [0.4, 0.5) is 0 Å². The van der Waals surface area contributed by atoms with Crippen LogP contribution in [0.1, 0.15) is 42.7 Å². The summed E-state index contributed by atoms with van der Waals surface area (Å²) in [4.78, 5) is 0. The van der Waals surface area contributed by atoms with E-state index >= 15 is 0 Å². The first-order chi connectivity index (χ1) is 10.2. The molecule has 1 aliphatic rings. The highest BCUT2D eigenvalue weighted by Gasteiger charge is 2.41. The van der Waals surface area contributed by atoms with E-state index in [4.69, 9.17) is 4.74 Å². The summed E-state index contributed by atoms with van der Waals surface area (Å²) in [5, 5.41) is 11.4. The van der Waals surface area contributed by atoms with E-state index < -0.39 is 5.60 Å². The van der Waals surface area contributed by atoms with Gasteiger partial charge in [0.1, 0.15) is 5.75 Å². The number of benzene rings is 2. The van der Waals surface area contributed by atoms with Crippen LogP contribution in [0.25, 0.3) is 0 Å². The normalized spacial score (nSPS) is 25.5. The molecule has 0 spiro atoms. The molecule has 0 radical (unpaired) electrons. The molecule has 2 aromatic carbocycles. The minimum atomic E-state index is -0.797. The Hall–Kier alpha value is -1.80. The Morgan fingerprint density at radius 1 is 1.05 bits per heavy atom. The molecule has 3 rings (SSSR count). The quantitative estimate of drug-likeness (QED) is 0.912. The molecular weight excluding hydrogens is 260 g/mol. The third kappa shape index (κ3) is 2.68. The number of hydrogen-bond donors (Lipinski definition) is 1. The van der Waals surface area contributed by atoms with E-state index in [2.05, 4.69) is 24.3 Å². The van der Waals surface area contributed by atoms with E-state index in [9.17, 15) is 5.11 Å². The van der Waals surface area contributed by atoms with Crippen molar-refractivity contribution >= 4 is 0 Å². The zero-order chi connectivity index (χ0) is 14.7. The molecule has 0 aliphatic heterocycles. The van der Waals surface area contributed by atoms with Gasteiger partial charge in [-0.1, -0.05) is 55.3 Å². The highest BCUT2D eigenvalue weighted by atomic mass is 16.5. The lowest BCUT2D eigenvalue weighted by atomic mass is 9.68. The van der Waals surface area contributed by atoms with Gasteiger partial charge in [-0.3, -0.25) is 0 Å². The molecule has 110 valence electrons. The van der Waals surface area contributed by atoms with E-state index in [1.807, 2.05) is 30.3 Å². The molecule has 1 aliphatic carbocycles. The second-order valence-corrected chi connectivity index (χ2v) is 5.87. The van der Waals surface area contributed by atoms with Gasteiger partial charge in [-0.25, -0.2) is 0 Å². The lowest BCUT2D eigenvalue weighted by molar-refractivity contribution is -0.0226. The Balaban J connectivity index is 2.02. The number of ether oxygens (including phenoxy) is 1. The van der Waals surface area contributed by atoms with Crippen LogP contribution in [0.15, 0.2) is 54.6 Å². The van der Waals surface area contributed by atoms with Crippen LogP contribution in [-0.4, -0.2) is 12.2 Å². The lowest BCUT2D eigenvalue weighted by Gasteiger charge is -2.41. The highest BCUT2D eigenvalue weighted by molar-refractivity contribution is 5.36. The van der Waals surface area contributed by atoms with Gasteiger partial charge in [-0.15, -0.1) is 0 Å². The van der Waals surface area contributed by atoms with Crippen molar-refractivity contribution in [3.05, 3.63) is 65.7 Å². The molecule has 0 bridgehead atoms. The van der Waals surface area contributed by atoms with Crippen LogP contribution in [0.5, 0.6) is 5.75 Å². The largest absolute Gasteiger partial charge is 0.497 e. The van der Waals surface area contributed by atoms with Crippen LogP contribution in [-0.2, 0) is 5.60 Å². The molecule has 0 amide bonds. The minimum absolute atomic E-state index is 0.152. The smallest absolute Gasteiger partial charge is 0.119 e. The first kappa shape index (κ1) is 14.2. The Kier molecular flexibility index (Phi) is 3.98. The van der Waals surface area contributed by atoms with Gasteiger partial charge in [0.05, 0.1) is 12.7 Å². The fourth-order valence-corrected chi connectivity index (χ4v) is 3.52. The van der Waals surface area contributed by atoms with E-state index in [-0.39, 0.29) is 5.92 Å². The van der Waals surface area contributed by atoms with Gasteiger partial charge in [-0.2, -0.15) is 0 Å². The van der Waals surface area contributed by atoms with E-state index in [0.717, 1.165) is 30.6 Å². The summed E-state index contributed by atoms with van der Waals surface area (Å²) in [7, 11) is 1.67. The fourth-order valence-electron chi connectivity index (χ4n) is 3.52. The Bertz CT molecular complexity index is 594. The average molecular weight is 282 g/mol. The van der Waals surface area contributed by atoms with Gasteiger partial charge in [-0.05, 0) is 36.1 Å². The molecule has 2 nitrogen and oxygen atoms in total. The molecule has 2 unspecified atom stereocenters. The van der Waals surface area contributed by atoms with Crippen LogP contribution < -0.4 is 4.74 Å². The van der Waals surface area contributed by atoms with Gasteiger partial charge in [0, 0.05) is 5.92 Å². The predicted molar refractivity (Wildman–Crippen MR) is 84.5 cm³/mol. The molecule has 0 saturated heterocycles. The van der Waals surface area contributed by atoms with Crippen molar-refractivity contribution in [1.29, 1.82) is 0 Å². The number of rotatable bonds is 3. The van der Waals surface area contributed by atoms with E-state index in [1.54, 1.807) is 7.11 Å². The molecule has 2 heteroatoms. The first-order valence-electron chi connectivity index (χ1n) is 7.66. The third-order valence-corrected chi connectivity index (χ3v) is 4.65. The third-order valence-electron chi connectivity index (χ3n) is 4.65. The fraction of sp³-hybridized carbons (Fsp3) is 0.368. The SMILES string of the molecule is COc1cccc(C2(O)CCCCC2c2ccccc2)c1. The standard InChI is InChI=1S/C19H22O2/c1-21-17-11-7-10-16(14-17)19(20)13-6-5-12-18(19)15-8-3-2-4-9-15/h2-4,7-11,14,18,20H,5-6,12-13H2,1H3. The monoisotopic (exact) mass is 282 g/mol. The summed E-state index contributed by atoms with van der Waals surface area (Å²) < 4.78 is 5.32. The van der Waals surface area contributed by atoms with Crippen molar-refractivity contribution in [3.63, 3.8) is 0 Å². The maximum atomic E-state index is 11.4. The maximum absolute atomic E-state index is 11.4. The van der Waals surface area contributed by atoms with Crippen LogP contribution in [0.3, 0.4) is 0 Å². The number of methoxy groups -OCH3 is 1. The van der Waals surface area contributed by atoms with Gasteiger partial charge >= 0.3 is 0 Å². The summed E-state index contributed by atoms with van der Waals surface area (Å²) in [6.45, 7) is 0. The van der Waals surface area contributed by atoms with Gasteiger partial charge in [0.15, 0.2) is 0 Å². The summed E-state index contributed by atoms with van der Waals surface area (Å²) in [5.41, 5.74) is 1.40. The van der Waals surface area contributed by atoms with Crippen molar-refractivity contribution in [3.8, 4) is 5.75 Å². The first-order valence-corrected chi connectivity index (χ1v) is 7.66. The van der Waals surface area contributed by atoms with Gasteiger partial charge in [0.25, 0.3) is 0 Å². The van der Waals surface area contributed by atoms with Crippen molar-refractivity contribution in [2.75, 3.05) is 7.11 Å². The number of hydrogen-bond acceptors (Lipinski definition) is 2. The van der Waals surface area contributed by atoms with Gasteiger partial charge < -0.3 is 9.84 Å². The molecule has 21 heavy (non-hydrogen) atoms. The molecule has 0 heterocycles. The Morgan fingerprint density at radius 2 is 1.86 bits per heavy atom. The Morgan fingerprint density at radius 3 is 2.62 bits per heavy atom. The van der Waals surface area contributed by atoms with Crippen LogP contribution in [0, 0.1) is 0 Å². The van der Waals surface area contributed by atoms with Crippen molar-refractivity contribution in [2.45, 2.75) is 37.2 Å². The number of aliphatic hydroxyl groups is 1. The summed E-state index contributed by atoms with van der Waals surface area (Å²) in [5.74, 6) is 0.956. The molecule has 1 saturated carbocycles. The lowest BCUT2D eigenvalue weighted by Crippen LogP contribution is -2.36. The zero-order valence-electron chi connectivity index (χ0n) is 12.5. The average Bonchev–Trinajstić information content (AvgIpc) is 2.56. The molecule has 0 aromatic heterocycles. The summed E-state index contributed by atoms with van der Waals surface area (Å²) >= 11 is 0. The topological polar surface area (TPSA) is 29.5 Å². The second-order valence-electron chi connectivity index (χ2n) is 5.87. The second kappa shape index (κ2) is 5.90. The van der Waals surface area contributed by atoms with Crippen molar-refractivity contribution in [1.82, 2.24) is 0 Å². The molecule has 2 aromatic rings. The van der Waals surface area contributed by atoms with E-state index in [1.165, 1.54) is 12.0 Å². The maximum Gasteiger partial charge on any atom is 0.119 e. The summed E-state index contributed by atoms with van der Waals surface area (Å²) in [6, 6.07) is 18.3. The zero-order valence-corrected chi connectivity index (χ0v) is 12.5. The Labute approximate surface area is 126 Å². The summed E-state index contributed by atoms with van der Waals surface area (Å²) in [6.07, 6.45) is 4.07. The van der Waals surface area contributed by atoms with Crippen molar-refractivity contribution in [2.24, 2.45) is 0 Å². The van der Waals surface area contributed by atoms with E-state index in [0.29, 0.717) is 0 Å². The minimum Gasteiger partial charge on any atom is -0.497 e. The van der Waals surface area contributed by atoms with Crippen LogP contribution in [0.2, 0.25) is 0 Å². The van der Waals surface area contributed by atoms with Gasteiger partial charge in [0.2, 0.25) is 0 Å².